The number of nitrogens with zero attached hydrogens (tertiary/aromatic N) is 1. The van der Waals surface area contributed by atoms with Crippen LogP contribution in [0.15, 0.2) is 45.7 Å². The molecule has 8 heteroatoms. The average Bonchev–Trinajstić information content (AvgIpc) is 2.67. The first-order chi connectivity index (χ1) is 13.4. The van der Waals surface area contributed by atoms with E-state index in [1.54, 1.807) is 19.2 Å². The van der Waals surface area contributed by atoms with Gasteiger partial charge in [0.15, 0.2) is 11.2 Å². The number of rotatable bonds is 5. The Hall–Kier alpha value is -3.00. The van der Waals surface area contributed by atoms with Crippen LogP contribution in [0, 0.1) is 12.8 Å². The first-order valence-corrected chi connectivity index (χ1v) is 9.20. The Balaban J connectivity index is 1.52. The van der Waals surface area contributed by atoms with Gasteiger partial charge in [-0.2, -0.15) is 0 Å². The molecule has 0 saturated heterocycles. The summed E-state index contributed by atoms with van der Waals surface area (Å²) in [4.78, 5) is 40.3. The third-order valence-corrected chi connectivity index (χ3v) is 4.79. The number of nitrogens with one attached hydrogen (secondary N) is 2. The molecule has 3 rings (SSSR count). The summed E-state index contributed by atoms with van der Waals surface area (Å²) >= 11 is 0. The Morgan fingerprint density at radius 2 is 2.11 bits per heavy atom. The highest BCUT2D eigenvalue weighted by molar-refractivity contribution is 5.91. The maximum absolute atomic E-state index is 12.4. The highest BCUT2D eigenvalue weighted by Crippen LogP contribution is 2.25. The van der Waals surface area contributed by atoms with Crippen molar-refractivity contribution >= 4 is 11.8 Å². The van der Waals surface area contributed by atoms with E-state index >= 15 is 0 Å². The molecule has 0 aromatic carbocycles. The van der Waals surface area contributed by atoms with Crippen LogP contribution in [0.2, 0.25) is 0 Å². The molecule has 0 aliphatic heterocycles. The first kappa shape index (κ1) is 19.8. The van der Waals surface area contributed by atoms with E-state index in [9.17, 15) is 19.5 Å². The van der Waals surface area contributed by atoms with E-state index in [2.05, 4.69) is 15.6 Å². The van der Waals surface area contributed by atoms with Gasteiger partial charge in [-0.1, -0.05) is 6.07 Å². The van der Waals surface area contributed by atoms with E-state index in [4.69, 9.17) is 4.42 Å². The molecule has 3 N–H and O–H groups in total. The van der Waals surface area contributed by atoms with E-state index < -0.39 is 18.1 Å². The lowest BCUT2D eigenvalue weighted by molar-refractivity contribution is -0.127. The standard InChI is InChI=1S/C20H23N3O5/c1-12-8-15(24)10-18(28-12)20(27)23-16-6-5-13(9-17(16)25)19(26)22-11-14-4-2-3-7-21-14/h2-4,7-8,10,13,16-17,25H,5-6,9,11H2,1H3,(H,22,26)(H,23,27)/t13-,16+,17+/m0/s1. The maximum atomic E-state index is 12.4. The molecular formula is C20H23N3O5. The zero-order chi connectivity index (χ0) is 20.1. The molecule has 0 radical (unpaired) electrons. The lowest BCUT2D eigenvalue weighted by atomic mass is 9.83. The molecule has 0 unspecified atom stereocenters. The molecule has 3 atom stereocenters. The van der Waals surface area contributed by atoms with Gasteiger partial charge in [0.2, 0.25) is 5.91 Å². The molecule has 148 valence electrons. The monoisotopic (exact) mass is 385 g/mol. The highest BCUT2D eigenvalue weighted by Gasteiger charge is 2.34. The number of carbonyl (C=O) groups is 2. The van der Waals surface area contributed by atoms with Crippen molar-refractivity contribution in [1.29, 1.82) is 0 Å². The van der Waals surface area contributed by atoms with Crippen molar-refractivity contribution in [3.63, 3.8) is 0 Å². The summed E-state index contributed by atoms with van der Waals surface area (Å²) in [5, 5.41) is 15.9. The summed E-state index contributed by atoms with van der Waals surface area (Å²) in [5.74, 6) is -0.773. The zero-order valence-electron chi connectivity index (χ0n) is 15.6. The van der Waals surface area contributed by atoms with E-state index in [1.165, 1.54) is 6.07 Å². The summed E-state index contributed by atoms with van der Waals surface area (Å²) in [6, 6.07) is 7.39. The van der Waals surface area contributed by atoms with Gasteiger partial charge in [0.25, 0.3) is 5.91 Å². The molecule has 1 saturated carbocycles. The van der Waals surface area contributed by atoms with Crippen LogP contribution in [0.25, 0.3) is 0 Å². The predicted octanol–water partition coefficient (Wildman–Crippen LogP) is 0.919. The van der Waals surface area contributed by atoms with Gasteiger partial charge >= 0.3 is 0 Å². The van der Waals surface area contributed by atoms with E-state index in [1.807, 2.05) is 12.1 Å². The fraction of sp³-hybridized carbons (Fsp3) is 0.400. The second kappa shape index (κ2) is 8.79. The van der Waals surface area contributed by atoms with E-state index in [0.29, 0.717) is 25.1 Å². The minimum atomic E-state index is -0.861. The molecule has 2 heterocycles. The van der Waals surface area contributed by atoms with Crippen molar-refractivity contribution < 1.29 is 19.1 Å². The molecule has 0 spiro atoms. The van der Waals surface area contributed by atoms with Gasteiger partial charge in [0.05, 0.1) is 24.4 Å². The summed E-state index contributed by atoms with van der Waals surface area (Å²) in [6.45, 7) is 1.92. The fourth-order valence-corrected chi connectivity index (χ4v) is 3.33. The molecule has 28 heavy (non-hydrogen) atoms. The number of carbonyl (C=O) groups excluding carboxylic acids is 2. The van der Waals surface area contributed by atoms with Gasteiger partial charge in [-0.3, -0.25) is 19.4 Å². The van der Waals surface area contributed by atoms with Crippen molar-refractivity contribution in [2.75, 3.05) is 0 Å². The van der Waals surface area contributed by atoms with Crippen molar-refractivity contribution in [3.8, 4) is 0 Å². The SMILES string of the molecule is Cc1cc(=O)cc(C(=O)N[C@@H]2CC[C@H](C(=O)NCc3ccccn3)C[C@H]2O)o1. The zero-order valence-corrected chi connectivity index (χ0v) is 15.6. The molecule has 1 fully saturated rings. The Kier molecular flexibility index (Phi) is 6.20. The molecule has 0 bridgehead atoms. The van der Waals surface area contributed by atoms with Gasteiger partial charge in [-0.15, -0.1) is 0 Å². The Labute approximate surface area is 162 Å². The van der Waals surface area contributed by atoms with Gasteiger partial charge < -0.3 is 20.2 Å². The van der Waals surface area contributed by atoms with Crippen LogP contribution >= 0.6 is 0 Å². The lowest BCUT2D eigenvalue weighted by Gasteiger charge is -2.32. The largest absolute Gasteiger partial charge is 0.456 e. The minimum absolute atomic E-state index is 0.0903. The number of aliphatic hydroxyl groups is 1. The third-order valence-electron chi connectivity index (χ3n) is 4.79. The van der Waals surface area contributed by atoms with Crippen LogP contribution in [0.3, 0.4) is 0 Å². The molecule has 2 aromatic rings. The molecule has 8 nitrogen and oxygen atoms in total. The second-order valence-corrected chi connectivity index (χ2v) is 6.96. The third kappa shape index (κ3) is 5.04. The fourth-order valence-electron chi connectivity index (χ4n) is 3.33. The number of pyridine rings is 1. The van der Waals surface area contributed by atoms with Gasteiger partial charge in [0, 0.05) is 24.2 Å². The molecule has 2 amide bonds. The number of aryl methyl sites for hydroxylation is 1. The first-order valence-electron chi connectivity index (χ1n) is 9.20. The summed E-state index contributed by atoms with van der Waals surface area (Å²) in [7, 11) is 0. The summed E-state index contributed by atoms with van der Waals surface area (Å²) in [6.07, 6.45) is 2.03. The van der Waals surface area contributed by atoms with Crippen molar-refractivity contribution in [3.05, 3.63) is 64.0 Å². The number of amides is 2. The lowest BCUT2D eigenvalue weighted by Crippen LogP contribution is -2.49. The molecule has 2 aromatic heterocycles. The van der Waals surface area contributed by atoms with Gasteiger partial charge in [-0.05, 0) is 38.3 Å². The molecular weight excluding hydrogens is 362 g/mol. The predicted molar refractivity (Wildman–Crippen MR) is 100 cm³/mol. The topological polar surface area (TPSA) is 122 Å². The Morgan fingerprint density at radius 1 is 1.29 bits per heavy atom. The van der Waals surface area contributed by atoms with Crippen LogP contribution < -0.4 is 16.1 Å². The Morgan fingerprint density at radius 3 is 2.79 bits per heavy atom. The maximum Gasteiger partial charge on any atom is 0.287 e. The van der Waals surface area contributed by atoms with E-state index in [-0.39, 0.29) is 29.4 Å². The molecule has 1 aliphatic carbocycles. The van der Waals surface area contributed by atoms with Crippen molar-refractivity contribution in [1.82, 2.24) is 15.6 Å². The van der Waals surface area contributed by atoms with E-state index in [0.717, 1.165) is 11.8 Å². The minimum Gasteiger partial charge on any atom is -0.456 e. The summed E-state index contributed by atoms with van der Waals surface area (Å²) in [5.41, 5.74) is 0.444. The van der Waals surface area contributed by atoms with Crippen LogP contribution in [0.4, 0.5) is 0 Å². The summed E-state index contributed by atoms with van der Waals surface area (Å²) < 4.78 is 5.27. The number of hydrogen-bond acceptors (Lipinski definition) is 6. The van der Waals surface area contributed by atoms with Crippen molar-refractivity contribution in [2.24, 2.45) is 5.92 Å². The van der Waals surface area contributed by atoms with Crippen LogP contribution in [0.1, 0.15) is 41.3 Å². The number of aromatic nitrogens is 1. The van der Waals surface area contributed by atoms with Crippen LogP contribution in [0.5, 0.6) is 0 Å². The number of aliphatic hydroxyl groups excluding tert-OH is 1. The van der Waals surface area contributed by atoms with Gasteiger partial charge in [-0.25, -0.2) is 0 Å². The molecule has 1 aliphatic rings. The van der Waals surface area contributed by atoms with Crippen molar-refractivity contribution in [2.45, 2.75) is 44.9 Å². The Bertz CT molecular complexity index is 896. The van der Waals surface area contributed by atoms with Gasteiger partial charge in [0.1, 0.15) is 5.76 Å². The quantitative estimate of drug-likeness (QED) is 0.704. The van der Waals surface area contributed by atoms with Crippen LogP contribution in [-0.4, -0.2) is 34.1 Å². The van der Waals surface area contributed by atoms with Crippen LogP contribution in [-0.2, 0) is 11.3 Å². The average molecular weight is 385 g/mol. The number of hydrogen-bond donors (Lipinski definition) is 3. The highest BCUT2D eigenvalue weighted by atomic mass is 16.3. The smallest absolute Gasteiger partial charge is 0.287 e. The normalized spacial score (nSPS) is 21.7. The second-order valence-electron chi connectivity index (χ2n) is 6.96.